The number of nitrogens with one attached hydrogen (secondary N) is 2. The lowest BCUT2D eigenvalue weighted by Gasteiger charge is -2.11. The van der Waals surface area contributed by atoms with Crippen LogP contribution in [-0.2, 0) is 10.0 Å². The second-order valence-corrected chi connectivity index (χ2v) is 5.03. The molecule has 1 rings (SSSR count). The van der Waals surface area contributed by atoms with E-state index in [1.165, 1.54) is 0 Å². The SMILES string of the molecule is Cc1cccc(NS(C)(=O)=O)c1C(=N)N. The zero-order valence-corrected chi connectivity index (χ0v) is 9.35. The summed E-state index contributed by atoms with van der Waals surface area (Å²) in [5.41, 5.74) is 6.90. The van der Waals surface area contributed by atoms with Gasteiger partial charge in [0.2, 0.25) is 10.0 Å². The summed E-state index contributed by atoms with van der Waals surface area (Å²) in [5, 5.41) is 7.37. The molecule has 6 heteroatoms. The van der Waals surface area contributed by atoms with Crippen LogP contribution in [0, 0.1) is 12.3 Å². The smallest absolute Gasteiger partial charge is 0.229 e. The third-order valence-electron chi connectivity index (χ3n) is 1.84. The van der Waals surface area contributed by atoms with Gasteiger partial charge < -0.3 is 5.73 Å². The van der Waals surface area contributed by atoms with Crippen molar-refractivity contribution in [2.24, 2.45) is 5.73 Å². The molecule has 0 saturated heterocycles. The van der Waals surface area contributed by atoms with Crippen LogP contribution in [-0.4, -0.2) is 20.5 Å². The first kappa shape index (κ1) is 11.5. The number of hydrogen-bond donors (Lipinski definition) is 3. The van der Waals surface area contributed by atoms with Crippen molar-refractivity contribution in [1.82, 2.24) is 0 Å². The molecule has 0 atom stereocenters. The van der Waals surface area contributed by atoms with Crippen molar-refractivity contribution in [2.75, 3.05) is 11.0 Å². The Hall–Kier alpha value is -1.56. The number of nitrogen functional groups attached to an aromatic ring is 1. The van der Waals surface area contributed by atoms with Gasteiger partial charge in [-0.3, -0.25) is 10.1 Å². The maximum atomic E-state index is 11.1. The van der Waals surface area contributed by atoms with E-state index in [1.54, 1.807) is 25.1 Å². The van der Waals surface area contributed by atoms with Crippen LogP contribution >= 0.6 is 0 Å². The molecule has 0 amide bonds. The van der Waals surface area contributed by atoms with Crippen molar-refractivity contribution in [3.8, 4) is 0 Å². The summed E-state index contributed by atoms with van der Waals surface area (Å²) in [4.78, 5) is 0. The van der Waals surface area contributed by atoms with Crippen molar-refractivity contribution in [3.05, 3.63) is 29.3 Å². The highest BCUT2D eigenvalue weighted by atomic mass is 32.2. The molecule has 0 spiro atoms. The number of anilines is 1. The van der Waals surface area contributed by atoms with Gasteiger partial charge in [-0.15, -0.1) is 0 Å². The Morgan fingerprint density at radius 2 is 2.07 bits per heavy atom. The molecular formula is C9H13N3O2S. The molecule has 5 nitrogen and oxygen atoms in total. The average molecular weight is 227 g/mol. The van der Waals surface area contributed by atoms with Crippen LogP contribution in [0.15, 0.2) is 18.2 Å². The van der Waals surface area contributed by atoms with Gasteiger partial charge in [-0.05, 0) is 18.6 Å². The van der Waals surface area contributed by atoms with Crippen LogP contribution in [0.1, 0.15) is 11.1 Å². The average Bonchev–Trinajstić information content (AvgIpc) is 1.99. The summed E-state index contributed by atoms with van der Waals surface area (Å²) < 4.78 is 24.5. The van der Waals surface area contributed by atoms with Gasteiger partial charge >= 0.3 is 0 Å². The first-order valence-electron chi connectivity index (χ1n) is 4.23. The molecule has 1 aromatic carbocycles. The Kier molecular flexibility index (Phi) is 2.99. The highest BCUT2D eigenvalue weighted by Crippen LogP contribution is 2.19. The second kappa shape index (κ2) is 3.90. The van der Waals surface area contributed by atoms with Gasteiger partial charge in [-0.25, -0.2) is 8.42 Å². The summed E-state index contributed by atoms with van der Waals surface area (Å²) in [5.74, 6) is -0.153. The molecule has 0 unspecified atom stereocenters. The number of rotatable bonds is 3. The third-order valence-corrected chi connectivity index (χ3v) is 2.43. The van der Waals surface area contributed by atoms with Gasteiger partial charge in [0.1, 0.15) is 5.84 Å². The van der Waals surface area contributed by atoms with Crippen LogP contribution in [0.4, 0.5) is 5.69 Å². The first-order chi connectivity index (χ1) is 6.81. The van der Waals surface area contributed by atoms with Gasteiger partial charge in [0.15, 0.2) is 0 Å². The van der Waals surface area contributed by atoms with Crippen LogP contribution in [0.5, 0.6) is 0 Å². The molecule has 0 aliphatic carbocycles. The number of amidine groups is 1. The fraction of sp³-hybridized carbons (Fsp3) is 0.222. The van der Waals surface area contributed by atoms with Crippen molar-refractivity contribution in [1.29, 1.82) is 5.41 Å². The zero-order chi connectivity index (χ0) is 11.6. The number of benzene rings is 1. The molecule has 0 aliphatic rings. The molecule has 82 valence electrons. The number of aryl methyl sites for hydroxylation is 1. The molecule has 15 heavy (non-hydrogen) atoms. The topological polar surface area (TPSA) is 96.0 Å². The summed E-state index contributed by atoms with van der Waals surface area (Å²) in [6, 6.07) is 5.05. The largest absolute Gasteiger partial charge is 0.384 e. The number of nitrogens with two attached hydrogens (primary N) is 1. The Morgan fingerprint density at radius 3 is 2.53 bits per heavy atom. The van der Waals surface area contributed by atoms with Crippen LogP contribution in [0.2, 0.25) is 0 Å². The lowest BCUT2D eigenvalue weighted by molar-refractivity contribution is 0.607. The minimum absolute atomic E-state index is 0.153. The number of sulfonamides is 1. The highest BCUT2D eigenvalue weighted by molar-refractivity contribution is 7.92. The van der Waals surface area contributed by atoms with E-state index in [4.69, 9.17) is 11.1 Å². The maximum absolute atomic E-state index is 11.1. The lowest BCUT2D eigenvalue weighted by atomic mass is 10.1. The standard InChI is InChI=1S/C9H13N3O2S/c1-6-4-3-5-7(8(6)9(10)11)12-15(2,13)14/h3-5,12H,1-2H3,(H3,10,11). The van der Waals surface area contributed by atoms with E-state index >= 15 is 0 Å². The van der Waals surface area contributed by atoms with E-state index in [-0.39, 0.29) is 5.84 Å². The van der Waals surface area contributed by atoms with Crippen LogP contribution < -0.4 is 10.5 Å². The van der Waals surface area contributed by atoms with E-state index in [2.05, 4.69) is 4.72 Å². The third kappa shape index (κ3) is 2.95. The van der Waals surface area contributed by atoms with E-state index in [1.807, 2.05) is 0 Å². The van der Waals surface area contributed by atoms with Crippen molar-refractivity contribution >= 4 is 21.5 Å². The summed E-state index contributed by atoms with van der Waals surface area (Å²) >= 11 is 0. The molecular weight excluding hydrogens is 214 g/mol. The molecule has 0 saturated carbocycles. The van der Waals surface area contributed by atoms with E-state index in [0.717, 1.165) is 11.8 Å². The van der Waals surface area contributed by atoms with Crippen LogP contribution in [0.25, 0.3) is 0 Å². The number of hydrogen-bond acceptors (Lipinski definition) is 3. The van der Waals surface area contributed by atoms with E-state index < -0.39 is 10.0 Å². The van der Waals surface area contributed by atoms with Crippen molar-refractivity contribution in [2.45, 2.75) is 6.92 Å². The summed E-state index contributed by atoms with van der Waals surface area (Å²) in [7, 11) is -3.35. The predicted octanol–water partition coefficient (Wildman–Crippen LogP) is 0.651. The van der Waals surface area contributed by atoms with Crippen molar-refractivity contribution in [3.63, 3.8) is 0 Å². The summed E-state index contributed by atoms with van der Waals surface area (Å²) in [6.07, 6.45) is 1.05. The van der Waals surface area contributed by atoms with Crippen molar-refractivity contribution < 1.29 is 8.42 Å². The Bertz CT molecular complexity index is 494. The molecule has 0 fully saturated rings. The van der Waals surface area contributed by atoms with Gasteiger partial charge in [-0.1, -0.05) is 12.1 Å². The Balaban J connectivity index is 3.30. The highest BCUT2D eigenvalue weighted by Gasteiger charge is 2.11. The van der Waals surface area contributed by atoms with Gasteiger partial charge in [-0.2, -0.15) is 0 Å². The normalized spacial score (nSPS) is 11.1. The zero-order valence-electron chi connectivity index (χ0n) is 8.53. The predicted molar refractivity (Wildman–Crippen MR) is 60.7 cm³/mol. The Morgan fingerprint density at radius 1 is 1.47 bits per heavy atom. The van der Waals surface area contributed by atoms with Gasteiger partial charge in [0, 0.05) is 5.56 Å². The van der Waals surface area contributed by atoms with Gasteiger partial charge in [0.25, 0.3) is 0 Å². The summed E-state index contributed by atoms with van der Waals surface area (Å²) in [6.45, 7) is 1.77. The quantitative estimate of drug-likeness (QED) is 0.522. The molecule has 0 radical (unpaired) electrons. The molecule has 1 aromatic rings. The molecule has 0 aromatic heterocycles. The second-order valence-electron chi connectivity index (χ2n) is 3.29. The fourth-order valence-electron chi connectivity index (χ4n) is 1.31. The molecule has 0 bridgehead atoms. The minimum atomic E-state index is -3.35. The van der Waals surface area contributed by atoms with Gasteiger partial charge in [0.05, 0.1) is 11.9 Å². The Labute approximate surface area is 88.9 Å². The molecule has 4 N–H and O–H groups in total. The fourth-order valence-corrected chi connectivity index (χ4v) is 1.88. The first-order valence-corrected chi connectivity index (χ1v) is 6.12. The monoisotopic (exact) mass is 227 g/mol. The van der Waals surface area contributed by atoms with E-state index in [0.29, 0.717) is 11.3 Å². The lowest BCUT2D eigenvalue weighted by Crippen LogP contribution is -2.18. The van der Waals surface area contributed by atoms with Crippen LogP contribution in [0.3, 0.4) is 0 Å². The minimum Gasteiger partial charge on any atom is -0.384 e. The van der Waals surface area contributed by atoms with E-state index in [9.17, 15) is 8.42 Å². The maximum Gasteiger partial charge on any atom is 0.229 e. The molecule has 0 heterocycles. The molecule has 0 aliphatic heterocycles.